The van der Waals surface area contributed by atoms with Crippen LogP contribution < -0.4 is 82.7 Å². The minimum Gasteiger partial charge on any atom is -0.370 e. The summed E-state index contributed by atoms with van der Waals surface area (Å²) in [6.45, 7) is 3.86. The van der Waals surface area contributed by atoms with E-state index >= 15 is 0 Å². The lowest BCUT2D eigenvalue weighted by molar-refractivity contribution is -0.144. The van der Waals surface area contributed by atoms with Crippen LogP contribution in [0.15, 0.2) is 65.7 Å². The van der Waals surface area contributed by atoms with Crippen molar-refractivity contribution in [2.45, 2.75) is 183 Å². The Balaban J connectivity index is 1.56. The molecule has 95 heavy (non-hydrogen) atoms. The fourth-order valence-corrected chi connectivity index (χ4v) is 11.5. The van der Waals surface area contributed by atoms with Crippen LogP contribution in [0.1, 0.15) is 121 Å². The van der Waals surface area contributed by atoms with Gasteiger partial charge < -0.3 is 92.5 Å². The van der Waals surface area contributed by atoms with Crippen LogP contribution in [0.3, 0.4) is 0 Å². The Morgan fingerprint density at radius 2 is 1.01 bits per heavy atom. The Bertz CT molecular complexity index is 2960. The van der Waals surface area contributed by atoms with Crippen LogP contribution >= 0.6 is 11.8 Å². The Morgan fingerprint density at radius 3 is 1.51 bits per heavy atom. The Labute approximate surface area is 558 Å². The second-order valence-electron chi connectivity index (χ2n) is 24.1. The predicted molar refractivity (Wildman–Crippen MR) is 356 cm³/mol. The highest BCUT2D eigenvalue weighted by Gasteiger charge is 2.42. The third kappa shape index (κ3) is 27.5. The minimum atomic E-state index is -1.64. The van der Waals surface area contributed by atoms with E-state index in [-0.39, 0.29) is 83.0 Å². The summed E-state index contributed by atoms with van der Waals surface area (Å²) in [5.41, 5.74) is 40.6. The van der Waals surface area contributed by atoms with E-state index in [1.807, 2.05) is 20.1 Å². The number of unbranched alkanes of at least 4 members (excludes halogenated alkanes) is 1. The number of hydrogen-bond acceptors (Lipinski definition) is 17. The number of benzene rings is 2. The van der Waals surface area contributed by atoms with E-state index in [4.69, 9.17) is 40.1 Å². The van der Waals surface area contributed by atoms with Gasteiger partial charge in [0.25, 0.3) is 0 Å². The van der Waals surface area contributed by atoms with Gasteiger partial charge in [-0.1, -0.05) is 74.5 Å². The number of carbonyl (C=O) groups excluding carboxylic acids is 13. The van der Waals surface area contributed by atoms with Gasteiger partial charge in [-0.3, -0.25) is 67.3 Å². The third-order valence-electron chi connectivity index (χ3n) is 16.0. The molecule has 2 aliphatic heterocycles. The Morgan fingerprint density at radius 1 is 0.537 bits per heavy atom. The van der Waals surface area contributed by atoms with Crippen molar-refractivity contribution in [3.05, 3.63) is 71.8 Å². The smallest absolute Gasteiger partial charge is 0.245 e. The van der Waals surface area contributed by atoms with Crippen molar-refractivity contribution < 1.29 is 62.3 Å². The maximum Gasteiger partial charge on any atom is 0.245 e. The van der Waals surface area contributed by atoms with Crippen LogP contribution in [0.4, 0.5) is 0 Å². The van der Waals surface area contributed by atoms with Crippen LogP contribution in [0.5, 0.6) is 0 Å². The summed E-state index contributed by atoms with van der Waals surface area (Å²) in [6.07, 6.45) is 3.12. The van der Waals surface area contributed by atoms with Crippen molar-refractivity contribution in [3.8, 4) is 0 Å². The quantitative estimate of drug-likeness (QED) is 0.0173. The van der Waals surface area contributed by atoms with Crippen molar-refractivity contribution in [1.82, 2.24) is 52.3 Å². The highest BCUT2D eigenvalue weighted by molar-refractivity contribution is 7.98. The molecule has 0 saturated carbocycles. The Hall–Kier alpha value is -8.91. The van der Waals surface area contributed by atoms with Crippen molar-refractivity contribution in [2.24, 2.45) is 51.0 Å². The van der Waals surface area contributed by atoms with E-state index in [2.05, 4.69) is 47.5 Å². The molecule has 0 bridgehead atoms. The summed E-state index contributed by atoms with van der Waals surface area (Å²) in [5, 5.41) is 21.1. The van der Waals surface area contributed by atoms with Crippen LogP contribution in [0.2, 0.25) is 0 Å². The molecule has 2 aliphatic rings. The van der Waals surface area contributed by atoms with Crippen LogP contribution in [-0.2, 0) is 75.2 Å². The second-order valence-corrected chi connectivity index (χ2v) is 25.1. The van der Waals surface area contributed by atoms with E-state index in [0.29, 0.717) is 55.4 Å². The van der Waals surface area contributed by atoms with Crippen LogP contribution in [0, 0.1) is 5.92 Å². The molecule has 0 radical (unpaired) electrons. The molecule has 2 aromatic rings. The highest BCUT2D eigenvalue weighted by Crippen LogP contribution is 2.24. The van der Waals surface area contributed by atoms with Gasteiger partial charge in [0.15, 0.2) is 5.96 Å². The number of aliphatic imine (C=N–C) groups is 1. The zero-order valence-electron chi connectivity index (χ0n) is 54.5. The largest absolute Gasteiger partial charge is 0.370 e. The standard InChI is InChI=1S/C63H98N18O13S/c1-37(2)33-45(57(89)74-41(53(68)85)27-32-95-3)73-52(84)36-72-54(86)46(34-38-15-6-4-7-16-38)78-58(90)47(35-39-17-8-5-9-18-39)79-56(88)42(23-25-50(66)82)75-55(87)43(24-26-51(67)83)76-59(91)49-22-14-31-81(49)62(94)44(20-10-11-28-64)77-60(92)48-21-13-30-80(48)61(93)40(65)19-12-29-71-63(69)70/h4-9,15-18,37,40-49H,10-14,19-36,64-65H2,1-3H3,(H2,66,82)(H2,67,83)(H2,68,85)(H,72,86)(H,73,84)(H,74,89)(H,75,87)(H,76,91)(H,77,92)(H,78,90)(H,79,88)(H4,69,70,71)/t40-,41+,42-,43-,44-,45+,46-,47+,48+,49+/m1/s1. The molecule has 10 atom stereocenters. The predicted octanol–water partition coefficient (Wildman–Crippen LogP) is -3.71. The first-order valence-electron chi connectivity index (χ1n) is 32.2. The van der Waals surface area contributed by atoms with Crippen LogP contribution in [-0.4, -0.2) is 198 Å². The molecule has 2 fully saturated rings. The van der Waals surface area contributed by atoms with Crippen molar-refractivity contribution in [1.29, 1.82) is 0 Å². The number of thioether (sulfide) groups is 1. The van der Waals surface area contributed by atoms with Crippen molar-refractivity contribution in [3.63, 3.8) is 0 Å². The minimum absolute atomic E-state index is 0.0736. The summed E-state index contributed by atoms with van der Waals surface area (Å²) < 4.78 is 0. The van der Waals surface area contributed by atoms with Crippen molar-refractivity contribution in [2.75, 3.05) is 44.7 Å². The molecule has 2 aromatic carbocycles. The number of carbonyl (C=O) groups is 13. The fraction of sp³-hybridized carbons (Fsp3) is 0.587. The van der Waals surface area contributed by atoms with E-state index in [9.17, 15) is 62.3 Å². The molecule has 31 nitrogen and oxygen atoms in total. The lowest BCUT2D eigenvalue weighted by Crippen LogP contribution is -2.60. The van der Waals surface area contributed by atoms with Gasteiger partial charge in [0.1, 0.15) is 54.4 Å². The van der Waals surface area contributed by atoms with Gasteiger partial charge in [0.2, 0.25) is 76.8 Å². The van der Waals surface area contributed by atoms with E-state index in [1.54, 1.807) is 60.7 Å². The van der Waals surface area contributed by atoms with Gasteiger partial charge in [-0.15, -0.1) is 0 Å². The number of primary amides is 3. The van der Waals surface area contributed by atoms with Gasteiger partial charge in [-0.2, -0.15) is 11.8 Å². The van der Waals surface area contributed by atoms with Gasteiger partial charge >= 0.3 is 0 Å². The van der Waals surface area contributed by atoms with Gasteiger partial charge in [0, 0.05) is 45.3 Å². The lowest BCUT2D eigenvalue weighted by atomic mass is 10.0. The molecular formula is C63H98N18O13S. The molecule has 2 saturated heterocycles. The molecule has 2 heterocycles. The monoisotopic (exact) mass is 1350 g/mol. The topological polar surface area (TPSA) is 519 Å². The van der Waals surface area contributed by atoms with Gasteiger partial charge in [0.05, 0.1) is 12.6 Å². The number of nitrogens with two attached hydrogens (primary N) is 7. The molecule has 4 rings (SSSR count). The maximum atomic E-state index is 14.7. The molecule has 0 aliphatic carbocycles. The maximum absolute atomic E-state index is 14.7. The fourth-order valence-electron chi connectivity index (χ4n) is 11.0. The molecule has 0 spiro atoms. The molecule has 13 amide bonds. The van der Waals surface area contributed by atoms with Gasteiger partial charge in [-0.25, -0.2) is 0 Å². The first-order chi connectivity index (χ1) is 45.2. The molecule has 32 heteroatoms. The second kappa shape index (κ2) is 41.0. The summed E-state index contributed by atoms with van der Waals surface area (Å²) >= 11 is 1.45. The summed E-state index contributed by atoms with van der Waals surface area (Å²) in [4.78, 5) is 185. The first kappa shape index (κ1) is 78.5. The average Bonchev–Trinajstić information content (AvgIpc) is 1.74. The van der Waals surface area contributed by atoms with Crippen molar-refractivity contribution >= 4 is 94.5 Å². The van der Waals surface area contributed by atoms with Crippen LogP contribution in [0.25, 0.3) is 0 Å². The number of nitrogens with one attached hydrogen (secondary N) is 8. The lowest BCUT2D eigenvalue weighted by Gasteiger charge is -2.32. The zero-order valence-corrected chi connectivity index (χ0v) is 55.3. The SMILES string of the molecule is CSCC[C@H](NC(=O)[C@H](CC(C)C)NC(=O)CNC(=O)[C@@H](Cc1ccccc1)NC(=O)[C@H](Cc1ccccc1)NC(=O)[C@@H](CCC(N)=O)NC(=O)[C@@H](CCC(N)=O)NC(=O)[C@@H]1CCCN1C(=O)[C@@H](CCCCN)NC(=O)[C@@H]1CCCN1C(=O)[C@H](N)CCCN=C(N)N)C(N)=O. The number of likely N-dealkylation sites (tertiary alicyclic amines) is 2. The molecular weight excluding hydrogens is 1250 g/mol. The summed E-state index contributed by atoms with van der Waals surface area (Å²) in [5.74, 6) is -9.80. The normalized spacial score (nSPS) is 16.8. The molecule has 22 N–H and O–H groups in total. The highest BCUT2D eigenvalue weighted by atomic mass is 32.2. The van der Waals surface area contributed by atoms with E-state index < -0.39 is 169 Å². The number of rotatable bonds is 42. The number of amides is 13. The molecule has 0 unspecified atom stereocenters. The first-order valence-corrected chi connectivity index (χ1v) is 33.6. The number of nitrogens with zero attached hydrogens (tertiary/aromatic N) is 3. The Kier molecular flexibility index (Phi) is 33.9. The summed E-state index contributed by atoms with van der Waals surface area (Å²) in [7, 11) is 0. The zero-order chi connectivity index (χ0) is 70.1. The molecule has 524 valence electrons. The summed E-state index contributed by atoms with van der Waals surface area (Å²) in [6, 6.07) is 4.51. The average molecular weight is 1350 g/mol. The number of hydrogen-bond donors (Lipinski definition) is 15. The third-order valence-corrected chi connectivity index (χ3v) is 16.7. The molecule has 0 aromatic heterocycles. The van der Waals surface area contributed by atoms with E-state index in [0.717, 1.165) is 0 Å². The van der Waals surface area contributed by atoms with Gasteiger partial charge in [-0.05, 0) is 119 Å². The number of guanidine groups is 1. The van der Waals surface area contributed by atoms with E-state index in [1.165, 1.54) is 21.6 Å².